The second-order valence-electron chi connectivity index (χ2n) is 4.32. The Labute approximate surface area is 127 Å². The highest BCUT2D eigenvalue weighted by atomic mass is 19.4. The Balaban J connectivity index is 3.30. The van der Waals surface area contributed by atoms with Crippen LogP contribution in [0.5, 0.6) is 0 Å². The maximum Gasteiger partial charge on any atom is 0.416 e. The molecule has 0 bridgehead atoms. The molecule has 1 rings (SSSR count). The van der Waals surface area contributed by atoms with E-state index in [1.54, 1.807) is 0 Å². The van der Waals surface area contributed by atoms with Crippen LogP contribution in [0.25, 0.3) is 0 Å². The van der Waals surface area contributed by atoms with E-state index in [1.807, 2.05) is 0 Å². The maximum absolute atomic E-state index is 12.7. The summed E-state index contributed by atoms with van der Waals surface area (Å²) in [5.74, 6) is -0.848. The van der Waals surface area contributed by atoms with Crippen LogP contribution >= 0.6 is 0 Å². The van der Waals surface area contributed by atoms with Crippen molar-refractivity contribution in [2.24, 2.45) is 4.99 Å². The van der Waals surface area contributed by atoms with Gasteiger partial charge in [-0.3, -0.25) is 4.99 Å². The molecule has 1 aromatic rings. The van der Waals surface area contributed by atoms with Gasteiger partial charge in [0, 0.05) is 6.21 Å². The molecule has 1 atom stereocenters. The molecule has 1 unspecified atom stereocenters. The van der Waals surface area contributed by atoms with E-state index in [0.717, 1.165) is 19.4 Å². The quantitative estimate of drug-likeness (QED) is 0.361. The molecule has 9 heteroatoms. The number of esters is 1. The summed E-state index contributed by atoms with van der Waals surface area (Å²) in [6, 6.07) is -0.238. The van der Waals surface area contributed by atoms with Crippen LogP contribution in [-0.2, 0) is 21.9 Å². The van der Waals surface area contributed by atoms with Gasteiger partial charge in [-0.05, 0) is 23.8 Å². The van der Waals surface area contributed by atoms with Gasteiger partial charge in [0.25, 0.3) is 0 Å². The van der Waals surface area contributed by atoms with Gasteiger partial charge >= 0.3 is 18.3 Å². The highest BCUT2D eigenvalue weighted by Crippen LogP contribution is 2.36. The Morgan fingerprint density at radius 1 is 1.13 bits per heavy atom. The molecule has 0 saturated carbocycles. The average molecular weight is 339 g/mol. The minimum absolute atomic E-state index is 0.00261. The Morgan fingerprint density at radius 2 is 1.61 bits per heavy atom. The lowest BCUT2D eigenvalue weighted by Gasteiger charge is -2.13. The fourth-order valence-corrected chi connectivity index (χ4v) is 1.56. The van der Waals surface area contributed by atoms with E-state index >= 15 is 0 Å². The van der Waals surface area contributed by atoms with Gasteiger partial charge in [0.05, 0.1) is 18.2 Å². The van der Waals surface area contributed by atoms with E-state index < -0.39 is 41.1 Å². The number of methoxy groups -OCH3 is 1. The van der Waals surface area contributed by atoms with Crippen LogP contribution in [0, 0.1) is 0 Å². The molecule has 126 valence electrons. The summed E-state index contributed by atoms with van der Waals surface area (Å²) in [6.45, 7) is 3.28. The van der Waals surface area contributed by atoms with Gasteiger partial charge < -0.3 is 4.74 Å². The largest absolute Gasteiger partial charge is 0.467 e. The Bertz CT molecular complexity index is 586. The first-order chi connectivity index (χ1) is 10.5. The third kappa shape index (κ3) is 5.11. The molecule has 0 saturated heterocycles. The monoisotopic (exact) mass is 339 g/mol. The maximum atomic E-state index is 12.7. The normalized spacial score (nSPS) is 13.9. The number of rotatable bonds is 4. The first-order valence-corrected chi connectivity index (χ1v) is 6.02. The van der Waals surface area contributed by atoms with Crippen molar-refractivity contribution in [1.82, 2.24) is 0 Å². The van der Waals surface area contributed by atoms with Crippen molar-refractivity contribution in [3.63, 3.8) is 0 Å². The van der Waals surface area contributed by atoms with E-state index in [0.29, 0.717) is 12.1 Å². The third-order valence-electron chi connectivity index (χ3n) is 2.66. The van der Waals surface area contributed by atoms with Crippen LogP contribution < -0.4 is 0 Å². The molecule has 0 fully saturated rings. The Morgan fingerprint density at radius 3 is 1.96 bits per heavy atom. The molecule has 0 N–H and O–H groups in total. The fourth-order valence-electron chi connectivity index (χ4n) is 1.56. The minimum Gasteiger partial charge on any atom is -0.467 e. The van der Waals surface area contributed by atoms with Gasteiger partial charge in [-0.2, -0.15) is 26.3 Å². The van der Waals surface area contributed by atoms with E-state index in [1.165, 1.54) is 0 Å². The number of aliphatic imine (C=N–C) groups is 1. The molecule has 0 aliphatic rings. The number of benzene rings is 1. The van der Waals surface area contributed by atoms with Crippen LogP contribution in [0.1, 0.15) is 16.7 Å². The van der Waals surface area contributed by atoms with Crippen molar-refractivity contribution in [2.45, 2.75) is 18.4 Å². The first-order valence-electron chi connectivity index (χ1n) is 6.02. The van der Waals surface area contributed by atoms with Crippen molar-refractivity contribution in [3.8, 4) is 0 Å². The van der Waals surface area contributed by atoms with Gasteiger partial charge in [0.1, 0.15) is 0 Å². The summed E-state index contributed by atoms with van der Waals surface area (Å²) >= 11 is 0. The minimum atomic E-state index is -4.95. The number of alkyl halides is 6. The SMILES string of the molecule is C=CC(N=Cc1cc(C(F)(F)F)cc(C(F)(F)F)c1)C(=O)OC. The van der Waals surface area contributed by atoms with Crippen molar-refractivity contribution in [2.75, 3.05) is 7.11 Å². The topological polar surface area (TPSA) is 38.7 Å². The van der Waals surface area contributed by atoms with Gasteiger partial charge in [-0.25, -0.2) is 4.79 Å². The lowest BCUT2D eigenvalue weighted by atomic mass is 10.1. The molecular formula is C14H11F6NO2. The van der Waals surface area contributed by atoms with Crippen molar-refractivity contribution >= 4 is 12.2 Å². The smallest absolute Gasteiger partial charge is 0.416 e. The molecule has 23 heavy (non-hydrogen) atoms. The van der Waals surface area contributed by atoms with Gasteiger partial charge in [-0.15, -0.1) is 6.58 Å². The van der Waals surface area contributed by atoms with E-state index in [9.17, 15) is 31.1 Å². The van der Waals surface area contributed by atoms with Crippen LogP contribution in [0.3, 0.4) is 0 Å². The number of carbonyl (C=O) groups is 1. The zero-order valence-corrected chi connectivity index (χ0v) is 11.7. The number of carbonyl (C=O) groups excluding carboxylic acids is 1. The number of ether oxygens (including phenoxy) is 1. The molecular weight excluding hydrogens is 328 g/mol. The summed E-state index contributed by atoms with van der Waals surface area (Å²) in [4.78, 5) is 14.8. The average Bonchev–Trinajstić information content (AvgIpc) is 2.45. The summed E-state index contributed by atoms with van der Waals surface area (Å²) in [6.07, 6.45) is -8.14. The molecule has 0 radical (unpaired) electrons. The molecule has 0 aliphatic carbocycles. The summed E-state index contributed by atoms with van der Waals surface area (Å²) in [5.41, 5.74) is -3.40. The number of halogens is 6. The molecule has 0 aromatic heterocycles. The lowest BCUT2D eigenvalue weighted by Crippen LogP contribution is -2.17. The number of hydrogen-bond acceptors (Lipinski definition) is 3. The second kappa shape index (κ2) is 6.84. The molecule has 1 aromatic carbocycles. The zero-order valence-electron chi connectivity index (χ0n) is 11.7. The molecule has 0 aliphatic heterocycles. The van der Waals surface area contributed by atoms with Crippen molar-refractivity contribution < 1.29 is 35.9 Å². The number of hydrogen-bond donors (Lipinski definition) is 0. The van der Waals surface area contributed by atoms with E-state index in [2.05, 4.69) is 16.3 Å². The van der Waals surface area contributed by atoms with Crippen molar-refractivity contribution in [3.05, 3.63) is 47.5 Å². The van der Waals surface area contributed by atoms with Crippen LogP contribution in [0.15, 0.2) is 35.8 Å². The summed E-state index contributed by atoms with van der Waals surface area (Å²) < 4.78 is 80.5. The van der Waals surface area contributed by atoms with E-state index in [4.69, 9.17) is 0 Å². The molecule has 0 amide bonds. The van der Waals surface area contributed by atoms with Gasteiger partial charge in [0.15, 0.2) is 6.04 Å². The highest BCUT2D eigenvalue weighted by molar-refractivity contribution is 5.85. The second-order valence-corrected chi connectivity index (χ2v) is 4.32. The zero-order chi connectivity index (χ0) is 17.8. The van der Waals surface area contributed by atoms with Gasteiger partial charge in [0.2, 0.25) is 0 Å². The van der Waals surface area contributed by atoms with Gasteiger partial charge in [-0.1, -0.05) is 6.08 Å². The fraction of sp³-hybridized carbons (Fsp3) is 0.286. The van der Waals surface area contributed by atoms with Crippen molar-refractivity contribution in [1.29, 1.82) is 0 Å². The van der Waals surface area contributed by atoms with E-state index in [-0.39, 0.29) is 6.07 Å². The van der Waals surface area contributed by atoms with Crippen LogP contribution in [-0.4, -0.2) is 25.3 Å². The predicted molar refractivity (Wildman–Crippen MR) is 70.0 cm³/mol. The standard InChI is InChI=1S/C14H11F6NO2/c1-3-11(12(22)23-2)21-7-8-4-9(13(15,16)17)6-10(5-8)14(18,19)20/h3-7,11H,1H2,2H3. The highest BCUT2D eigenvalue weighted by Gasteiger charge is 2.36. The molecule has 0 spiro atoms. The van der Waals surface area contributed by atoms with Crippen LogP contribution in [0.4, 0.5) is 26.3 Å². The summed E-state index contributed by atoms with van der Waals surface area (Å²) in [5, 5.41) is 0. The first kappa shape index (κ1) is 18.7. The Kier molecular flexibility index (Phi) is 5.57. The Hall–Kier alpha value is -2.32. The van der Waals surface area contributed by atoms with Crippen LogP contribution in [0.2, 0.25) is 0 Å². The molecule has 3 nitrogen and oxygen atoms in total. The lowest BCUT2D eigenvalue weighted by molar-refractivity contribution is -0.143. The molecule has 0 heterocycles. The summed E-state index contributed by atoms with van der Waals surface area (Å²) in [7, 11) is 1.06. The predicted octanol–water partition coefficient (Wildman–Crippen LogP) is 3.87. The number of nitrogens with zero attached hydrogens (tertiary/aromatic N) is 1. The third-order valence-corrected chi connectivity index (χ3v) is 2.66.